The SMILES string of the molecule is CCN(CC)CCOc1ccccc1CNC(=NC)N1CCC(COCCOC)C1.I. The van der Waals surface area contributed by atoms with Crippen LogP contribution < -0.4 is 10.1 Å². The minimum absolute atomic E-state index is 0. The van der Waals surface area contributed by atoms with Crippen LogP contribution >= 0.6 is 24.0 Å². The van der Waals surface area contributed by atoms with E-state index in [9.17, 15) is 0 Å². The summed E-state index contributed by atoms with van der Waals surface area (Å²) in [5.74, 6) is 2.42. The molecule has 1 unspecified atom stereocenters. The third kappa shape index (κ3) is 9.93. The van der Waals surface area contributed by atoms with E-state index in [1.807, 2.05) is 19.2 Å². The summed E-state index contributed by atoms with van der Waals surface area (Å²) in [7, 11) is 3.54. The van der Waals surface area contributed by atoms with E-state index in [4.69, 9.17) is 14.2 Å². The topological polar surface area (TPSA) is 58.6 Å². The highest BCUT2D eigenvalue weighted by Gasteiger charge is 2.25. The maximum atomic E-state index is 6.08. The van der Waals surface area contributed by atoms with Gasteiger partial charge in [-0.2, -0.15) is 0 Å². The van der Waals surface area contributed by atoms with E-state index in [0.717, 1.165) is 63.0 Å². The number of methoxy groups -OCH3 is 1. The minimum Gasteiger partial charge on any atom is -0.492 e. The number of guanidine groups is 1. The first-order chi connectivity index (χ1) is 14.7. The summed E-state index contributed by atoms with van der Waals surface area (Å²) < 4.78 is 16.8. The summed E-state index contributed by atoms with van der Waals surface area (Å²) in [6.45, 7) is 12.8. The van der Waals surface area contributed by atoms with Gasteiger partial charge in [0.1, 0.15) is 12.4 Å². The maximum absolute atomic E-state index is 6.08. The summed E-state index contributed by atoms with van der Waals surface area (Å²) in [4.78, 5) is 9.17. The zero-order valence-corrected chi connectivity index (χ0v) is 22.0. The molecule has 1 aliphatic rings. The number of aliphatic imine (C=N–C) groups is 1. The van der Waals surface area contributed by atoms with E-state index in [-0.39, 0.29) is 24.0 Å². The molecule has 1 aromatic rings. The first kappa shape index (κ1) is 27.9. The minimum atomic E-state index is 0. The van der Waals surface area contributed by atoms with Gasteiger partial charge in [-0.3, -0.25) is 4.99 Å². The van der Waals surface area contributed by atoms with Crippen LogP contribution in [0.2, 0.25) is 0 Å². The molecular formula is C23H41IN4O3. The number of nitrogens with one attached hydrogen (secondary N) is 1. The average molecular weight is 549 g/mol. The summed E-state index contributed by atoms with van der Waals surface area (Å²) in [6.07, 6.45) is 1.12. The van der Waals surface area contributed by atoms with Gasteiger partial charge in [0.2, 0.25) is 0 Å². The van der Waals surface area contributed by atoms with E-state index in [0.29, 0.717) is 32.3 Å². The largest absolute Gasteiger partial charge is 0.492 e. The predicted molar refractivity (Wildman–Crippen MR) is 138 cm³/mol. The zero-order valence-electron chi connectivity index (χ0n) is 19.6. The van der Waals surface area contributed by atoms with Gasteiger partial charge in [0.25, 0.3) is 0 Å². The fourth-order valence-electron chi connectivity index (χ4n) is 3.68. The molecule has 0 amide bonds. The fourth-order valence-corrected chi connectivity index (χ4v) is 3.68. The van der Waals surface area contributed by atoms with Crippen molar-refractivity contribution in [3.8, 4) is 5.75 Å². The Morgan fingerprint density at radius 1 is 1.19 bits per heavy atom. The van der Waals surface area contributed by atoms with Gasteiger partial charge in [-0.15, -0.1) is 24.0 Å². The van der Waals surface area contributed by atoms with Crippen molar-refractivity contribution in [3.05, 3.63) is 29.8 Å². The van der Waals surface area contributed by atoms with Crippen molar-refractivity contribution in [3.63, 3.8) is 0 Å². The summed E-state index contributed by atoms with van der Waals surface area (Å²) in [5.41, 5.74) is 1.15. The monoisotopic (exact) mass is 548 g/mol. The number of benzene rings is 1. The molecule has 0 saturated carbocycles. The number of ether oxygens (including phenoxy) is 3. The molecule has 178 valence electrons. The van der Waals surface area contributed by atoms with Gasteiger partial charge in [-0.1, -0.05) is 32.0 Å². The Balaban J connectivity index is 0.00000480. The second-order valence-electron chi connectivity index (χ2n) is 7.55. The summed E-state index contributed by atoms with van der Waals surface area (Å²) in [5, 5.41) is 3.51. The van der Waals surface area contributed by atoms with Crippen LogP contribution in [0.4, 0.5) is 0 Å². The van der Waals surface area contributed by atoms with Gasteiger partial charge in [-0.25, -0.2) is 0 Å². The van der Waals surface area contributed by atoms with Crippen LogP contribution in [0.1, 0.15) is 25.8 Å². The van der Waals surface area contributed by atoms with Crippen molar-refractivity contribution in [1.82, 2.24) is 15.1 Å². The standard InChI is InChI=1S/C23H40N4O3.HI/c1-5-26(6-2)13-14-30-22-10-8-7-9-21(22)17-25-23(24-3)27-12-11-20(18-27)19-29-16-15-28-4;/h7-10,20H,5-6,11-19H2,1-4H3,(H,24,25);1H. The number of rotatable bonds is 13. The second-order valence-corrected chi connectivity index (χ2v) is 7.55. The molecule has 1 saturated heterocycles. The molecule has 1 fully saturated rings. The van der Waals surface area contributed by atoms with E-state index in [1.54, 1.807) is 7.11 Å². The van der Waals surface area contributed by atoms with Crippen LogP contribution in [0.15, 0.2) is 29.3 Å². The highest BCUT2D eigenvalue weighted by molar-refractivity contribution is 14.0. The number of likely N-dealkylation sites (N-methyl/N-ethyl adjacent to an activating group) is 1. The highest BCUT2D eigenvalue weighted by atomic mass is 127. The zero-order chi connectivity index (χ0) is 21.6. The van der Waals surface area contributed by atoms with E-state index in [1.165, 1.54) is 0 Å². The fraction of sp³-hybridized carbons (Fsp3) is 0.696. The molecule has 1 atom stereocenters. The second kappa shape index (κ2) is 16.5. The van der Waals surface area contributed by atoms with Crippen LogP contribution in [0.3, 0.4) is 0 Å². The first-order valence-electron chi connectivity index (χ1n) is 11.2. The molecule has 2 rings (SSSR count). The van der Waals surface area contributed by atoms with E-state index < -0.39 is 0 Å². The molecular weight excluding hydrogens is 507 g/mol. The van der Waals surface area contributed by atoms with Crippen molar-refractivity contribution in [2.45, 2.75) is 26.8 Å². The Bertz CT molecular complexity index is 629. The molecule has 0 aromatic heterocycles. The van der Waals surface area contributed by atoms with Crippen LogP contribution in [0.25, 0.3) is 0 Å². The molecule has 0 spiro atoms. The van der Waals surface area contributed by atoms with Gasteiger partial charge in [0.15, 0.2) is 5.96 Å². The van der Waals surface area contributed by atoms with Crippen LogP contribution in [0, 0.1) is 5.92 Å². The third-order valence-corrected chi connectivity index (χ3v) is 5.55. The van der Waals surface area contributed by atoms with Crippen molar-refractivity contribution in [1.29, 1.82) is 0 Å². The average Bonchev–Trinajstić information content (AvgIpc) is 3.24. The van der Waals surface area contributed by atoms with Crippen molar-refractivity contribution >= 4 is 29.9 Å². The Morgan fingerprint density at radius 2 is 1.97 bits per heavy atom. The molecule has 0 bridgehead atoms. The smallest absolute Gasteiger partial charge is 0.193 e. The summed E-state index contributed by atoms with van der Waals surface area (Å²) >= 11 is 0. The Morgan fingerprint density at radius 3 is 2.68 bits per heavy atom. The van der Waals surface area contributed by atoms with Crippen LogP contribution in [-0.2, 0) is 16.0 Å². The lowest BCUT2D eigenvalue weighted by Gasteiger charge is -2.23. The molecule has 1 heterocycles. The van der Waals surface area contributed by atoms with Gasteiger partial charge < -0.3 is 29.3 Å². The van der Waals surface area contributed by atoms with Crippen molar-refractivity contribution in [2.75, 3.05) is 73.3 Å². The predicted octanol–water partition coefficient (Wildman–Crippen LogP) is 3.09. The Hall–Kier alpha value is -1.10. The lowest BCUT2D eigenvalue weighted by atomic mass is 10.1. The number of likely N-dealkylation sites (tertiary alicyclic amines) is 1. The summed E-state index contributed by atoms with van der Waals surface area (Å²) in [6, 6.07) is 8.24. The number of hydrogen-bond acceptors (Lipinski definition) is 5. The van der Waals surface area contributed by atoms with Crippen LogP contribution in [-0.4, -0.2) is 89.1 Å². The lowest BCUT2D eigenvalue weighted by Crippen LogP contribution is -2.40. The van der Waals surface area contributed by atoms with Gasteiger partial charge in [0.05, 0.1) is 19.8 Å². The Labute approximate surface area is 205 Å². The molecule has 1 aromatic carbocycles. The first-order valence-corrected chi connectivity index (χ1v) is 11.2. The van der Waals surface area contributed by atoms with E-state index in [2.05, 4.69) is 46.1 Å². The van der Waals surface area contributed by atoms with E-state index >= 15 is 0 Å². The van der Waals surface area contributed by atoms with Crippen LogP contribution in [0.5, 0.6) is 5.75 Å². The molecule has 7 nitrogen and oxygen atoms in total. The lowest BCUT2D eigenvalue weighted by molar-refractivity contribution is 0.0536. The number of para-hydroxylation sites is 1. The molecule has 0 radical (unpaired) electrons. The van der Waals surface area contributed by atoms with Crippen molar-refractivity contribution < 1.29 is 14.2 Å². The molecule has 8 heteroatoms. The highest BCUT2D eigenvalue weighted by Crippen LogP contribution is 2.19. The van der Waals surface area contributed by atoms with Crippen molar-refractivity contribution in [2.24, 2.45) is 10.9 Å². The molecule has 0 aliphatic carbocycles. The molecule has 1 aliphatic heterocycles. The third-order valence-electron chi connectivity index (χ3n) is 5.55. The van der Waals surface area contributed by atoms with Gasteiger partial charge >= 0.3 is 0 Å². The molecule has 31 heavy (non-hydrogen) atoms. The van der Waals surface area contributed by atoms with Gasteiger partial charge in [-0.05, 0) is 25.6 Å². The maximum Gasteiger partial charge on any atom is 0.193 e. The Kier molecular flexibility index (Phi) is 14.9. The number of nitrogens with zero attached hydrogens (tertiary/aromatic N) is 3. The number of hydrogen-bond donors (Lipinski definition) is 1. The quantitative estimate of drug-likeness (QED) is 0.177. The number of halogens is 1. The molecule has 1 N–H and O–H groups in total. The normalized spacial score (nSPS) is 16.5. The van der Waals surface area contributed by atoms with Gasteiger partial charge in [0, 0.05) is 51.8 Å².